The summed E-state index contributed by atoms with van der Waals surface area (Å²) in [6.07, 6.45) is -0.924. The normalized spacial score (nSPS) is 17.2. The first-order valence-electron chi connectivity index (χ1n) is 5.93. The number of methoxy groups -OCH3 is 1. The zero-order valence-corrected chi connectivity index (χ0v) is 10.6. The monoisotopic (exact) mass is 250 g/mol. The van der Waals surface area contributed by atoms with Gasteiger partial charge in [-0.3, -0.25) is 4.79 Å². The van der Waals surface area contributed by atoms with Crippen molar-refractivity contribution in [3.63, 3.8) is 0 Å². The number of rotatable bonds is 3. The lowest BCUT2D eigenvalue weighted by Crippen LogP contribution is -2.51. The molecule has 0 radical (unpaired) electrons. The van der Waals surface area contributed by atoms with E-state index in [2.05, 4.69) is 0 Å². The van der Waals surface area contributed by atoms with Gasteiger partial charge in [0, 0.05) is 19.0 Å². The van der Waals surface area contributed by atoms with Gasteiger partial charge in [0.25, 0.3) is 5.91 Å². The third-order valence-corrected chi connectivity index (χ3v) is 3.28. The number of nitrogens with two attached hydrogens (primary N) is 1. The second-order valence-corrected chi connectivity index (χ2v) is 4.62. The van der Waals surface area contributed by atoms with Crippen LogP contribution in [0.15, 0.2) is 18.2 Å². The molecule has 0 spiro atoms. The van der Waals surface area contributed by atoms with E-state index in [-0.39, 0.29) is 5.91 Å². The Labute approximate surface area is 106 Å². The molecule has 1 aromatic rings. The Kier molecular flexibility index (Phi) is 3.43. The number of carbonyl (C=O) groups excluding carboxylic acids is 1. The minimum absolute atomic E-state index is 0.214. The first kappa shape index (κ1) is 12.7. The summed E-state index contributed by atoms with van der Waals surface area (Å²) in [6, 6.07) is 5.67. The van der Waals surface area contributed by atoms with Crippen LogP contribution >= 0.6 is 0 Å². The highest BCUT2D eigenvalue weighted by atomic mass is 16.5. The number of likely N-dealkylation sites (tertiary alicyclic amines) is 1. The van der Waals surface area contributed by atoms with E-state index in [4.69, 9.17) is 10.5 Å². The molecule has 1 aliphatic heterocycles. The van der Waals surface area contributed by atoms with Crippen molar-refractivity contribution in [2.75, 3.05) is 25.9 Å². The number of anilines is 1. The van der Waals surface area contributed by atoms with Gasteiger partial charge >= 0.3 is 0 Å². The minimum Gasteiger partial charge on any atom is -0.495 e. The van der Waals surface area contributed by atoms with Crippen LogP contribution in [0, 0.1) is 0 Å². The summed E-state index contributed by atoms with van der Waals surface area (Å²) >= 11 is 0. The van der Waals surface area contributed by atoms with Gasteiger partial charge in [-0.2, -0.15) is 0 Å². The van der Waals surface area contributed by atoms with Gasteiger partial charge in [-0.1, -0.05) is 6.07 Å². The summed E-state index contributed by atoms with van der Waals surface area (Å²) in [4.78, 5) is 13.2. The molecule has 1 aromatic carbocycles. The fourth-order valence-corrected chi connectivity index (χ4v) is 2.12. The first-order valence-corrected chi connectivity index (χ1v) is 5.93. The third-order valence-electron chi connectivity index (χ3n) is 3.28. The molecule has 1 saturated heterocycles. The third kappa shape index (κ3) is 2.26. The Balaban J connectivity index is 2.02. The Bertz CT molecular complexity index is 454. The summed E-state index contributed by atoms with van der Waals surface area (Å²) in [7, 11) is 1.58. The van der Waals surface area contributed by atoms with Crippen LogP contribution in [0.4, 0.5) is 5.69 Å². The predicted octanol–water partition coefficient (Wildman–Crippen LogP) is 0.584. The van der Waals surface area contributed by atoms with Gasteiger partial charge in [0.2, 0.25) is 0 Å². The van der Waals surface area contributed by atoms with E-state index in [0.717, 1.165) is 5.56 Å². The standard InChI is InChI=1S/C13H18N2O3/c1-8(16)13(17)15-6-10(7-15)9-3-4-11(14)12(5-9)18-2/h3-5,8,10,16H,6-7,14H2,1-2H3/t8-/m1/s1. The Morgan fingerprint density at radius 1 is 1.56 bits per heavy atom. The van der Waals surface area contributed by atoms with Crippen LogP contribution < -0.4 is 10.5 Å². The summed E-state index contributed by atoms with van der Waals surface area (Å²) in [5.74, 6) is 0.740. The maximum absolute atomic E-state index is 11.5. The van der Waals surface area contributed by atoms with Gasteiger partial charge < -0.3 is 20.5 Å². The number of ether oxygens (including phenoxy) is 1. The molecule has 3 N–H and O–H groups in total. The van der Waals surface area contributed by atoms with E-state index in [1.807, 2.05) is 18.2 Å². The summed E-state index contributed by atoms with van der Waals surface area (Å²) in [5, 5.41) is 9.20. The fraction of sp³-hybridized carbons (Fsp3) is 0.462. The molecule has 18 heavy (non-hydrogen) atoms. The van der Waals surface area contributed by atoms with Crippen molar-refractivity contribution in [2.24, 2.45) is 0 Å². The molecule has 1 heterocycles. The minimum atomic E-state index is -0.924. The number of hydrogen-bond donors (Lipinski definition) is 2. The molecule has 1 aliphatic rings. The lowest BCUT2D eigenvalue weighted by Gasteiger charge is -2.40. The largest absolute Gasteiger partial charge is 0.495 e. The maximum Gasteiger partial charge on any atom is 0.251 e. The van der Waals surface area contributed by atoms with Crippen LogP contribution in [-0.2, 0) is 4.79 Å². The number of aliphatic hydroxyl groups is 1. The molecule has 0 aromatic heterocycles. The number of carbonyl (C=O) groups is 1. The summed E-state index contributed by atoms with van der Waals surface area (Å²) in [5.41, 5.74) is 7.47. The lowest BCUT2D eigenvalue weighted by molar-refractivity contribution is -0.143. The number of nitrogen functional groups attached to an aromatic ring is 1. The van der Waals surface area contributed by atoms with Crippen molar-refractivity contribution in [1.29, 1.82) is 0 Å². The van der Waals surface area contributed by atoms with E-state index >= 15 is 0 Å². The highest BCUT2D eigenvalue weighted by molar-refractivity contribution is 5.81. The SMILES string of the molecule is COc1cc(C2CN(C(=O)[C@@H](C)O)C2)ccc1N. The number of nitrogens with zero attached hydrogens (tertiary/aromatic N) is 1. The zero-order valence-electron chi connectivity index (χ0n) is 10.6. The highest BCUT2D eigenvalue weighted by Gasteiger charge is 2.33. The van der Waals surface area contributed by atoms with E-state index in [1.165, 1.54) is 6.92 Å². The maximum atomic E-state index is 11.5. The predicted molar refractivity (Wildman–Crippen MR) is 68.4 cm³/mol. The van der Waals surface area contributed by atoms with Crippen molar-refractivity contribution in [3.8, 4) is 5.75 Å². The molecule has 1 atom stereocenters. The van der Waals surface area contributed by atoms with Crippen molar-refractivity contribution in [1.82, 2.24) is 4.90 Å². The van der Waals surface area contributed by atoms with Crippen molar-refractivity contribution >= 4 is 11.6 Å². The van der Waals surface area contributed by atoms with Crippen LogP contribution in [0.3, 0.4) is 0 Å². The highest BCUT2D eigenvalue weighted by Crippen LogP contribution is 2.32. The van der Waals surface area contributed by atoms with Crippen LogP contribution in [0.25, 0.3) is 0 Å². The number of aliphatic hydroxyl groups excluding tert-OH is 1. The van der Waals surface area contributed by atoms with Crippen LogP contribution in [0.1, 0.15) is 18.4 Å². The quantitative estimate of drug-likeness (QED) is 0.770. The second-order valence-electron chi connectivity index (χ2n) is 4.62. The molecule has 0 saturated carbocycles. The second kappa shape index (κ2) is 4.86. The van der Waals surface area contributed by atoms with Gasteiger partial charge in [-0.05, 0) is 24.6 Å². The molecule has 2 rings (SSSR count). The Morgan fingerprint density at radius 2 is 2.22 bits per heavy atom. The summed E-state index contributed by atoms with van der Waals surface area (Å²) < 4.78 is 5.17. The summed E-state index contributed by atoms with van der Waals surface area (Å²) in [6.45, 7) is 2.76. The molecule has 98 valence electrons. The van der Waals surface area contributed by atoms with Crippen LogP contribution in [-0.4, -0.2) is 42.2 Å². The Hall–Kier alpha value is -1.75. The number of benzene rings is 1. The van der Waals surface area contributed by atoms with Crippen LogP contribution in [0.2, 0.25) is 0 Å². The average Bonchev–Trinajstić information content (AvgIpc) is 2.28. The molecule has 5 heteroatoms. The zero-order chi connectivity index (χ0) is 13.3. The molecule has 0 aliphatic carbocycles. The number of hydrogen-bond acceptors (Lipinski definition) is 4. The molecular weight excluding hydrogens is 232 g/mol. The van der Waals surface area contributed by atoms with Gasteiger partial charge in [-0.25, -0.2) is 0 Å². The fourth-order valence-electron chi connectivity index (χ4n) is 2.12. The van der Waals surface area contributed by atoms with Crippen molar-refractivity contribution in [3.05, 3.63) is 23.8 Å². The molecule has 5 nitrogen and oxygen atoms in total. The van der Waals surface area contributed by atoms with E-state index in [0.29, 0.717) is 30.4 Å². The topological polar surface area (TPSA) is 75.8 Å². The van der Waals surface area contributed by atoms with Gasteiger partial charge in [0.05, 0.1) is 12.8 Å². The lowest BCUT2D eigenvalue weighted by atomic mass is 9.90. The smallest absolute Gasteiger partial charge is 0.251 e. The van der Waals surface area contributed by atoms with Crippen molar-refractivity contribution in [2.45, 2.75) is 18.9 Å². The average molecular weight is 250 g/mol. The Morgan fingerprint density at radius 3 is 2.78 bits per heavy atom. The number of amides is 1. The van der Waals surface area contributed by atoms with Crippen LogP contribution in [0.5, 0.6) is 5.75 Å². The van der Waals surface area contributed by atoms with Gasteiger partial charge in [-0.15, -0.1) is 0 Å². The molecule has 0 unspecified atom stereocenters. The molecule has 0 bridgehead atoms. The first-order chi connectivity index (χ1) is 8.52. The van der Waals surface area contributed by atoms with E-state index < -0.39 is 6.10 Å². The van der Waals surface area contributed by atoms with E-state index in [1.54, 1.807) is 12.0 Å². The van der Waals surface area contributed by atoms with Gasteiger partial charge in [0.15, 0.2) is 0 Å². The van der Waals surface area contributed by atoms with E-state index in [9.17, 15) is 9.90 Å². The molecule has 1 amide bonds. The molecule has 1 fully saturated rings. The van der Waals surface area contributed by atoms with Gasteiger partial charge in [0.1, 0.15) is 11.9 Å². The molecular formula is C13H18N2O3. The van der Waals surface area contributed by atoms with Crippen molar-refractivity contribution < 1.29 is 14.6 Å².